The average Bonchev–Trinajstić information content (AvgIpc) is 2.41. The molecule has 0 radical (unpaired) electrons. The van der Waals surface area contributed by atoms with E-state index in [2.05, 4.69) is 15.3 Å². The normalized spacial score (nSPS) is 10.2. The minimum absolute atomic E-state index is 0.443. The molecule has 2 rings (SSSR count). The molecule has 6 heteroatoms. The third-order valence-corrected chi connectivity index (χ3v) is 3.27. The number of benzene rings is 1. The largest absolute Gasteiger partial charge is 0.491 e. The summed E-state index contributed by atoms with van der Waals surface area (Å²) in [6.45, 7) is 0. The first-order valence-electron chi connectivity index (χ1n) is 5.20. The Bertz CT molecular complexity index is 575. The van der Waals surface area contributed by atoms with Crippen LogP contribution in [0.4, 0.5) is 5.82 Å². The number of nitrogens with zero attached hydrogens (tertiary/aromatic N) is 2. The van der Waals surface area contributed by atoms with E-state index in [1.165, 1.54) is 6.33 Å². The highest BCUT2D eigenvalue weighted by atomic mass is 35.5. The third-order valence-electron chi connectivity index (χ3n) is 2.45. The van der Waals surface area contributed by atoms with Gasteiger partial charge >= 0.3 is 0 Å². The van der Waals surface area contributed by atoms with Crippen molar-refractivity contribution in [3.05, 3.63) is 34.6 Å². The quantitative estimate of drug-likeness (QED) is 0.937. The zero-order chi connectivity index (χ0) is 13.1. The van der Waals surface area contributed by atoms with Crippen LogP contribution in [0.25, 0.3) is 11.3 Å². The molecule has 1 aromatic heterocycles. The van der Waals surface area contributed by atoms with E-state index in [1.807, 2.05) is 12.1 Å². The SMILES string of the molecule is CNc1ncnc(-c2cccc(Cl)c2Cl)c1OC. The van der Waals surface area contributed by atoms with E-state index >= 15 is 0 Å². The van der Waals surface area contributed by atoms with E-state index in [0.717, 1.165) is 0 Å². The van der Waals surface area contributed by atoms with E-state index in [-0.39, 0.29) is 0 Å². The second-order valence-electron chi connectivity index (χ2n) is 3.46. The second kappa shape index (κ2) is 5.42. The molecular weight excluding hydrogens is 273 g/mol. The number of ether oxygens (including phenoxy) is 1. The molecule has 0 spiro atoms. The summed E-state index contributed by atoms with van der Waals surface area (Å²) in [7, 11) is 3.32. The molecule has 0 atom stereocenters. The van der Waals surface area contributed by atoms with Gasteiger partial charge in [0.15, 0.2) is 11.6 Å². The van der Waals surface area contributed by atoms with E-state index in [0.29, 0.717) is 32.9 Å². The summed E-state index contributed by atoms with van der Waals surface area (Å²) in [4.78, 5) is 8.29. The molecule has 0 aliphatic rings. The fraction of sp³-hybridized carbons (Fsp3) is 0.167. The van der Waals surface area contributed by atoms with Crippen LogP contribution in [0.3, 0.4) is 0 Å². The molecule has 1 N–H and O–H groups in total. The van der Waals surface area contributed by atoms with Crippen molar-refractivity contribution in [3.8, 4) is 17.0 Å². The lowest BCUT2D eigenvalue weighted by Gasteiger charge is -2.12. The maximum atomic E-state index is 6.18. The van der Waals surface area contributed by atoms with Crippen molar-refractivity contribution >= 4 is 29.0 Å². The first kappa shape index (κ1) is 12.9. The topological polar surface area (TPSA) is 47.0 Å². The van der Waals surface area contributed by atoms with Crippen LogP contribution in [0, 0.1) is 0 Å². The minimum atomic E-state index is 0.443. The van der Waals surface area contributed by atoms with Gasteiger partial charge < -0.3 is 10.1 Å². The van der Waals surface area contributed by atoms with Crippen LogP contribution in [0.5, 0.6) is 5.75 Å². The molecule has 2 aromatic rings. The summed E-state index contributed by atoms with van der Waals surface area (Å²) in [5, 5.41) is 3.85. The summed E-state index contributed by atoms with van der Waals surface area (Å²) >= 11 is 12.2. The van der Waals surface area contributed by atoms with Crippen molar-refractivity contribution in [2.75, 3.05) is 19.5 Å². The molecule has 0 saturated heterocycles. The molecule has 4 nitrogen and oxygen atoms in total. The lowest BCUT2D eigenvalue weighted by atomic mass is 10.1. The Morgan fingerprint density at radius 1 is 1.22 bits per heavy atom. The molecule has 1 heterocycles. The predicted octanol–water partition coefficient (Wildman–Crippen LogP) is 3.50. The Labute approximate surface area is 115 Å². The van der Waals surface area contributed by atoms with Gasteiger partial charge in [0.05, 0.1) is 17.2 Å². The van der Waals surface area contributed by atoms with Gasteiger partial charge in [-0.2, -0.15) is 0 Å². The van der Waals surface area contributed by atoms with Crippen molar-refractivity contribution in [3.63, 3.8) is 0 Å². The Kier molecular flexibility index (Phi) is 3.89. The maximum Gasteiger partial charge on any atom is 0.187 e. The first-order chi connectivity index (χ1) is 8.69. The van der Waals surface area contributed by atoms with Crippen LogP contribution in [0.1, 0.15) is 0 Å². The standard InChI is InChI=1S/C12H11Cl2N3O/c1-15-12-11(18-2)10(16-6-17-12)7-4-3-5-8(13)9(7)14/h3-6H,1-2H3,(H,15,16,17). The number of halogens is 2. The lowest BCUT2D eigenvalue weighted by Crippen LogP contribution is -2.00. The number of hydrogen-bond acceptors (Lipinski definition) is 4. The summed E-state index contributed by atoms with van der Waals surface area (Å²) in [6.07, 6.45) is 1.45. The molecule has 0 unspecified atom stereocenters. The number of rotatable bonds is 3. The molecule has 0 aliphatic heterocycles. The smallest absolute Gasteiger partial charge is 0.187 e. The molecule has 18 heavy (non-hydrogen) atoms. The van der Waals surface area contributed by atoms with Gasteiger partial charge in [-0.25, -0.2) is 9.97 Å². The zero-order valence-electron chi connectivity index (χ0n) is 9.87. The highest BCUT2D eigenvalue weighted by Crippen LogP contribution is 2.38. The Balaban J connectivity index is 2.67. The number of hydrogen-bond donors (Lipinski definition) is 1. The lowest BCUT2D eigenvalue weighted by molar-refractivity contribution is 0.415. The van der Waals surface area contributed by atoms with Gasteiger partial charge in [-0.15, -0.1) is 0 Å². The number of nitrogens with one attached hydrogen (secondary N) is 1. The second-order valence-corrected chi connectivity index (χ2v) is 4.24. The van der Waals surface area contributed by atoms with Crippen molar-refractivity contribution in [2.45, 2.75) is 0 Å². The van der Waals surface area contributed by atoms with Gasteiger partial charge in [-0.1, -0.05) is 35.3 Å². The van der Waals surface area contributed by atoms with Gasteiger partial charge in [0.2, 0.25) is 0 Å². The van der Waals surface area contributed by atoms with Crippen LogP contribution in [0.15, 0.2) is 24.5 Å². The monoisotopic (exact) mass is 283 g/mol. The number of aromatic nitrogens is 2. The van der Waals surface area contributed by atoms with Gasteiger partial charge in [0.25, 0.3) is 0 Å². The van der Waals surface area contributed by atoms with Gasteiger partial charge in [-0.05, 0) is 6.07 Å². The summed E-state index contributed by atoms with van der Waals surface area (Å²) in [6, 6.07) is 5.36. The van der Waals surface area contributed by atoms with Crippen molar-refractivity contribution in [2.24, 2.45) is 0 Å². The molecule has 1 aromatic carbocycles. The average molecular weight is 284 g/mol. The molecular formula is C12H11Cl2N3O. The van der Waals surface area contributed by atoms with E-state index in [9.17, 15) is 0 Å². The van der Waals surface area contributed by atoms with Gasteiger partial charge in [0.1, 0.15) is 12.0 Å². The number of methoxy groups -OCH3 is 1. The van der Waals surface area contributed by atoms with Crippen LogP contribution in [0.2, 0.25) is 10.0 Å². The minimum Gasteiger partial charge on any atom is -0.491 e. The molecule has 0 saturated carbocycles. The zero-order valence-corrected chi connectivity index (χ0v) is 11.4. The Hall–Kier alpha value is -1.52. The van der Waals surface area contributed by atoms with E-state index in [4.69, 9.17) is 27.9 Å². The van der Waals surface area contributed by atoms with E-state index in [1.54, 1.807) is 20.2 Å². The van der Waals surface area contributed by atoms with Crippen LogP contribution >= 0.6 is 23.2 Å². The molecule has 0 fully saturated rings. The maximum absolute atomic E-state index is 6.18. The fourth-order valence-electron chi connectivity index (χ4n) is 1.62. The third kappa shape index (κ3) is 2.21. The number of anilines is 1. The Morgan fingerprint density at radius 2 is 2.00 bits per heavy atom. The summed E-state index contributed by atoms with van der Waals surface area (Å²) in [5.41, 5.74) is 1.31. The van der Waals surface area contributed by atoms with Crippen LogP contribution in [-0.2, 0) is 0 Å². The molecule has 94 valence electrons. The highest BCUT2D eigenvalue weighted by molar-refractivity contribution is 6.43. The van der Waals surface area contributed by atoms with E-state index < -0.39 is 0 Å². The summed E-state index contributed by atoms with van der Waals surface area (Å²) in [5.74, 6) is 1.13. The van der Waals surface area contributed by atoms with Crippen molar-refractivity contribution in [1.29, 1.82) is 0 Å². The van der Waals surface area contributed by atoms with Crippen LogP contribution < -0.4 is 10.1 Å². The predicted molar refractivity (Wildman–Crippen MR) is 73.6 cm³/mol. The van der Waals surface area contributed by atoms with Gasteiger partial charge in [-0.3, -0.25) is 0 Å². The van der Waals surface area contributed by atoms with Gasteiger partial charge in [0, 0.05) is 12.6 Å². The summed E-state index contributed by atoms with van der Waals surface area (Å²) < 4.78 is 5.33. The Morgan fingerprint density at radius 3 is 2.67 bits per heavy atom. The molecule has 0 aliphatic carbocycles. The fourth-order valence-corrected chi connectivity index (χ4v) is 2.01. The van der Waals surface area contributed by atoms with Crippen molar-refractivity contribution < 1.29 is 4.74 Å². The molecule has 0 amide bonds. The highest BCUT2D eigenvalue weighted by Gasteiger charge is 2.16. The van der Waals surface area contributed by atoms with Crippen LogP contribution in [-0.4, -0.2) is 24.1 Å². The van der Waals surface area contributed by atoms with Crippen molar-refractivity contribution in [1.82, 2.24) is 9.97 Å². The molecule has 0 bridgehead atoms. The first-order valence-corrected chi connectivity index (χ1v) is 5.95.